The van der Waals surface area contributed by atoms with Crippen LogP contribution in [0.15, 0.2) is 24.5 Å². The molecule has 1 aliphatic rings. The van der Waals surface area contributed by atoms with E-state index in [0.717, 1.165) is 5.56 Å². The van der Waals surface area contributed by atoms with Crippen molar-refractivity contribution >= 4 is 40.9 Å². The van der Waals surface area contributed by atoms with Crippen LogP contribution in [-0.2, 0) is 24.8 Å². The van der Waals surface area contributed by atoms with Gasteiger partial charge in [0.15, 0.2) is 12.4 Å². The number of aromatic amines is 1. The molecule has 3 N–H and O–H groups in total. The first kappa shape index (κ1) is 21.1. The predicted octanol–water partition coefficient (Wildman–Crippen LogP) is 3.76. The fourth-order valence-corrected chi connectivity index (χ4v) is 4.10. The Morgan fingerprint density at radius 1 is 1.39 bits per heavy atom. The van der Waals surface area contributed by atoms with Crippen molar-refractivity contribution in [2.75, 3.05) is 5.32 Å². The molecule has 0 aliphatic heterocycles. The summed E-state index contributed by atoms with van der Waals surface area (Å²) in [5.41, 5.74) is 2.12. The van der Waals surface area contributed by atoms with Crippen LogP contribution in [0.4, 0.5) is 14.9 Å². The van der Waals surface area contributed by atoms with Crippen LogP contribution >= 0.6 is 23.2 Å². The van der Waals surface area contributed by atoms with Gasteiger partial charge in [-0.15, -0.1) is 0 Å². The van der Waals surface area contributed by atoms with Gasteiger partial charge in [-0.2, -0.15) is 5.10 Å². The third-order valence-corrected chi connectivity index (χ3v) is 5.73. The maximum atomic E-state index is 13.4. The second kappa shape index (κ2) is 8.56. The number of carbonyl (C=O) groups excluding carboxylic acids is 2. The van der Waals surface area contributed by atoms with Crippen LogP contribution in [0.5, 0.6) is 0 Å². The first-order chi connectivity index (χ1) is 14.8. The average molecular weight is 467 g/mol. The van der Waals surface area contributed by atoms with Gasteiger partial charge in [0.2, 0.25) is 0 Å². The van der Waals surface area contributed by atoms with Crippen molar-refractivity contribution in [1.29, 1.82) is 0 Å². The number of alkyl carbamates (subject to hydrolysis) is 1. The highest BCUT2D eigenvalue weighted by molar-refractivity contribution is 6.31. The average Bonchev–Trinajstić information content (AvgIpc) is 3.44. The van der Waals surface area contributed by atoms with Crippen molar-refractivity contribution in [3.63, 3.8) is 0 Å². The summed E-state index contributed by atoms with van der Waals surface area (Å²) in [6.07, 6.45) is 1.78. The molecule has 4 rings (SSSR count). The van der Waals surface area contributed by atoms with Gasteiger partial charge in [0.05, 0.1) is 11.1 Å². The lowest BCUT2D eigenvalue weighted by Gasteiger charge is -2.14. The summed E-state index contributed by atoms with van der Waals surface area (Å²) in [6, 6.07) is 3.51. The van der Waals surface area contributed by atoms with Crippen molar-refractivity contribution < 1.29 is 18.7 Å². The monoisotopic (exact) mass is 466 g/mol. The SMILES string of the molecule is Cn1c(Cl)c2c(c1C(=O)Nc1ccc(F)c(Cl)c1)CC[C@@H]2NC(=O)OCc1ncn[nH]1. The minimum Gasteiger partial charge on any atom is -0.441 e. The van der Waals surface area contributed by atoms with Crippen LogP contribution < -0.4 is 10.6 Å². The summed E-state index contributed by atoms with van der Waals surface area (Å²) in [7, 11) is 1.66. The molecule has 0 radical (unpaired) electrons. The number of hydrogen-bond donors (Lipinski definition) is 3. The molecule has 0 unspecified atom stereocenters. The smallest absolute Gasteiger partial charge is 0.408 e. The van der Waals surface area contributed by atoms with E-state index in [9.17, 15) is 14.0 Å². The van der Waals surface area contributed by atoms with Gasteiger partial charge >= 0.3 is 6.09 Å². The van der Waals surface area contributed by atoms with Gasteiger partial charge in [-0.05, 0) is 36.6 Å². The third-order valence-electron chi connectivity index (χ3n) is 4.98. The summed E-state index contributed by atoms with van der Waals surface area (Å²) < 4.78 is 20.1. The molecule has 0 saturated carbocycles. The quantitative estimate of drug-likeness (QED) is 0.529. The van der Waals surface area contributed by atoms with Crippen molar-refractivity contribution in [2.24, 2.45) is 7.05 Å². The number of rotatable bonds is 5. The maximum Gasteiger partial charge on any atom is 0.408 e. The Morgan fingerprint density at radius 2 is 2.19 bits per heavy atom. The second-order valence-electron chi connectivity index (χ2n) is 6.92. The zero-order valence-corrected chi connectivity index (χ0v) is 17.7. The van der Waals surface area contributed by atoms with Gasteiger partial charge in [-0.1, -0.05) is 23.2 Å². The van der Waals surface area contributed by atoms with Crippen molar-refractivity contribution in [1.82, 2.24) is 25.1 Å². The Morgan fingerprint density at radius 3 is 2.90 bits per heavy atom. The zero-order valence-electron chi connectivity index (χ0n) is 16.2. The van der Waals surface area contributed by atoms with Crippen LogP contribution in [0, 0.1) is 5.82 Å². The molecular weight excluding hydrogens is 450 g/mol. The molecule has 9 nitrogen and oxygen atoms in total. The predicted molar refractivity (Wildman–Crippen MR) is 111 cm³/mol. The molecule has 2 aromatic heterocycles. The van der Waals surface area contributed by atoms with Crippen molar-refractivity contribution in [3.8, 4) is 0 Å². The molecule has 0 saturated heterocycles. The molecular formula is C19H17Cl2FN6O3. The molecule has 1 aromatic carbocycles. The van der Waals surface area contributed by atoms with Gasteiger partial charge in [-0.3, -0.25) is 9.89 Å². The number of anilines is 1. The first-order valence-electron chi connectivity index (χ1n) is 9.26. The van der Waals surface area contributed by atoms with Gasteiger partial charge in [0.25, 0.3) is 5.91 Å². The minimum atomic E-state index is -0.638. The fourth-order valence-electron chi connectivity index (χ4n) is 3.59. The lowest BCUT2D eigenvalue weighted by atomic mass is 10.1. The number of H-pyrrole nitrogens is 1. The Hall–Kier alpha value is -3.11. The number of fused-ring (bicyclic) bond motifs is 1. The Labute approximate surface area is 185 Å². The highest BCUT2D eigenvalue weighted by atomic mass is 35.5. The molecule has 0 spiro atoms. The normalized spacial score (nSPS) is 14.9. The number of nitrogens with zero attached hydrogens (tertiary/aromatic N) is 3. The second-order valence-corrected chi connectivity index (χ2v) is 7.68. The van der Waals surface area contributed by atoms with E-state index >= 15 is 0 Å². The number of amides is 2. The third kappa shape index (κ3) is 4.21. The highest BCUT2D eigenvalue weighted by Gasteiger charge is 2.35. The standard InChI is InChI=1S/C19H17Cl2FN6O3/c1-28-16(18(29)25-9-2-4-12(22)11(20)6-9)10-3-5-13(15(10)17(28)21)26-19(30)31-7-14-23-8-24-27-14/h2,4,6,8,13H,3,5,7H2,1H3,(H,25,29)(H,26,30)(H,23,24,27)/t13-/m0/s1. The van der Waals surface area contributed by atoms with Crippen molar-refractivity contribution in [3.05, 3.63) is 63.2 Å². The summed E-state index contributed by atoms with van der Waals surface area (Å²) in [5, 5.41) is 12.0. The van der Waals surface area contributed by atoms with Crippen molar-refractivity contribution in [2.45, 2.75) is 25.5 Å². The maximum absolute atomic E-state index is 13.4. The molecule has 0 bridgehead atoms. The lowest BCUT2D eigenvalue weighted by molar-refractivity contribution is 0.101. The molecule has 2 heterocycles. The van der Waals surface area contributed by atoms with Gasteiger partial charge < -0.3 is 19.9 Å². The summed E-state index contributed by atoms with van der Waals surface area (Å²) in [6.45, 7) is -0.0538. The minimum absolute atomic E-state index is 0.0538. The van der Waals surface area contributed by atoms with Gasteiger partial charge in [0, 0.05) is 18.3 Å². The van der Waals surface area contributed by atoms with E-state index in [-0.39, 0.29) is 11.6 Å². The summed E-state index contributed by atoms with van der Waals surface area (Å²) in [4.78, 5) is 29.0. The van der Waals surface area contributed by atoms with E-state index in [4.69, 9.17) is 27.9 Å². The Bertz CT molecular complexity index is 1150. The summed E-state index contributed by atoms with van der Waals surface area (Å²) >= 11 is 12.3. The van der Waals surface area contributed by atoms with Gasteiger partial charge in [-0.25, -0.2) is 14.2 Å². The number of carbonyl (C=O) groups is 2. The van der Waals surface area contributed by atoms with E-state index < -0.39 is 23.9 Å². The molecule has 2 amide bonds. The zero-order chi connectivity index (χ0) is 22.1. The number of benzene rings is 1. The van der Waals surface area contributed by atoms with E-state index in [1.54, 1.807) is 11.6 Å². The Balaban J connectivity index is 1.49. The number of aromatic nitrogens is 4. The van der Waals surface area contributed by atoms with Crippen LogP contribution in [0.3, 0.4) is 0 Å². The molecule has 0 fully saturated rings. The van der Waals surface area contributed by atoms with Crippen LogP contribution in [0.2, 0.25) is 10.2 Å². The summed E-state index contributed by atoms with van der Waals surface area (Å²) in [5.74, 6) is -0.576. The van der Waals surface area contributed by atoms with Crippen LogP contribution in [0.25, 0.3) is 0 Å². The largest absolute Gasteiger partial charge is 0.441 e. The molecule has 12 heteroatoms. The molecule has 3 aromatic rings. The molecule has 1 atom stereocenters. The Kier molecular flexibility index (Phi) is 5.84. The number of hydrogen-bond acceptors (Lipinski definition) is 5. The molecule has 162 valence electrons. The lowest BCUT2D eigenvalue weighted by Crippen LogP contribution is -2.28. The fraction of sp³-hybridized carbons (Fsp3) is 0.263. The van der Waals surface area contributed by atoms with Gasteiger partial charge in [0.1, 0.15) is 23.0 Å². The van der Waals surface area contributed by atoms with E-state index in [1.165, 1.54) is 24.5 Å². The first-order valence-corrected chi connectivity index (χ1v) is 10.0. The molecule has 1 aliphatic carbocycles. The van der Waals surface area contributed by atoms with E-state index in [2.05, 4.69) is 25.8 Å². The topological polar surface area (TPSA) is 114 Å². The van der Waals surface area contributed by atoms with Crippen LogP contribution in [0.1, 0.15) is 39.9 Å². The highest BCUT2D eigenvalue weighted by Crippen LogP contribution is 2.40. The van der Waals surface area contributed by atoms with E-state index in [1.807, 2.05) is 0 Å². The number of nitrogens with one attached hydrogen (secondary N) is 3. The molecule has 31 heavy (non-hydrogen) atoms. The van der Waals surface area contributed by atoms with E-state index in [0.29, 0.717) is 40.8 Å². The number of halogens is 3. The number of ether oxygens (including phenoxy) is 1. The van der Waals surface area contributed by atoms with Crippen LogP contribution in [-0.4, -0.2) is 31.7 Å².